The van der Waals surface area contributed by atoms with Gasteiger partial charge in [-0.25, -0.2) is 0 Å². The molecule has 0 spiro atoms. The van der Waals surface area contributed by atoms with Gasteiger partial charge in [-0.15, -0.1) is 0 Å². The topological polar surface area (TPSA) is 97.6 Å². The van der Waals surface area contributed by atoms with Crippen LogP contribution in [0, 0.1) is 0 Å². The van der Waals surface area contributed by atoms with E-state index in [0.717, 1.165) is 12.8 Å². The van der Waals surface area contributed by atoms with E-state index in [9.17, 15) is 14.4 Å². The molecule has 0 radical (unpaired) electrons. The van der Waals surface area contributed by atoms with Crippen molar-refractivity contribution in [2.75, 3.05) is 11.9 Å². The zero-order chi connectivity index (χ0) is 18.4. The molecule has 1 aliphatic carbocycles. The quantitative estimate of drug-likeness (QED) is 0.707. The molecular formula is C19H20N2O5. The van der Waals surface area contributed by atoms with Gasteiger partial charge in [-0.05, 0) is 37.1 Å². The zero-order valence-electron chi connectivity index (χ0n) is 14.2. The average molecular weight is 356 g/mol. The van der Waals surface area contributed by atoms with Gasteiger partial charge in [0.15, 0.2) is 6.61 Å². The minimum Gasteiger partial charge on any atom is -0.469 e. The molecule has 2 amide bonds. The van der Waals surface area contributed by atoms with Crippen molar-refractivity contribution in [3.63, 3.8) is 0 Å². The van der Waals surface area contributed by atoms with E-state index in [4.69, 9.17) is 9.15 Å². The molecule has 7 heteroatoms. The first kappa shape index (κ1) is 17.7. The van der Waals surface area contributed by atoms with Crippen LogP contribution in [-0.4, -0.2) is 30.4 Å². The molecule has 1 saturated carbocycles. The first-order valence-electron chi connectivity index (χ1n) is 8.49. The van der Waals surface area contributed by atoms with Crippen LogP contribution in [0.5, 0.6) is 0 Å². The van der Waals surface area contributed by atoms with Gasteiger partial charge < -0.3 is 19.8 Å². The van der Waals surface area contributed by atoms with E-state index < -0.39 is 18.5 Å². The molecule has 2 N–H and O–H groups in total. The van der Waals surface area contributed by atoms with E-state index in [1.165, 1.54) is 6.26 Å². The molecule has 2 aromatic rings. The van der Waals surface area contributed by atoms with E-state index in [1.54, 1.807) is 36.4 Å². The molecule has 136 valence electrons. The Morgan fingerprint density at radius 2 is 1.92 bits per heavy atom. The van der Waals surface area contributed by atoms with Crippen molar-refractivity contribution < 1.29 is 23.5 Å². The van der Waals surface area contributed by atoms with Crippen molar-refractivity contribution >= 4 is 23.5 Å². The molecule has 26 heavy (non-hydrogen) atoms. The van der Waals surface area contributed by atoms with E-state index in [1.807, 2.05) is 0 Å². The Morgan fingerprint density at radius 3 is 2.65 bits per heavy atom. The van der Waals surface area contributed by atoms with Crippen LogP contribution in [0.4, 0.5) is 5.69 Å². The summed E-state index contributed by atoms with van der Waals surface area (Å²) in [7, 11) is 0. The lowest BCUT2D eigenvalue weighted by molar-refractivity contribution is -0.147. The predicted molar refractivity (Wildman–Crippen MR) is 93.5 cm³/mol. The molecule has 1 fully saturated rings. The molecule has 0 saturated heterocycles. The third kappa shape index (κ3) is 5.20. The van der Waals surface area contributed by atoms with Crippen LogP contribution in [0.15, 0.2) is 47.1 Å². The van der Waals surface area contributed by atoms with Crippen LogP contribution < -0.4 is 10.6 Å². The highest BCUT2D eigenvalue weighted by Crippen LogP contribution is 2.21. The van der Waals surface area contributed by atoms with Gasteiger partial charge in [0.25, 0.3) is 11.8 Å². The Labute approximate surface area is 150 Å². The summed E-state index contributed by atoms with van der Waals surface area (Å²) in [6, 6.07) is 10.5. The van der Waals surface area contributed by atoms with Gasteiger partial charge in [0, 0.05) is 12.5 Å². The number of esters is 1. The van der Waals surface area contributed by atoms with Gasteiger partial charge >= 0.3 is 5.97 Å². The summed E-state index contributed by atoms with van der Waals surface area (Å²) in [5.41, 5.74) is 0.777. The fraction of sp³-hybridized carbons (Fsp3) is 0.316. The minimum atomic E-state index is -0.497. The van der Waals surface area contributed by atoms with Crippen LogP contribution in [-0.2, 0) is 20.7 Å². The van der Waals surface area contributed by atoms with Gasteiger partial charge in [0.2, 0.25) is 0 Å². The van der Waals surface area contributed by atoms with Gasteiger partial charge in [-0.1, -0.05) is 12.1 Å². The summed E-state index contributed by atoms with van der Waals surface area (Å²) < 4.78 is 10.1. The zero-order valence-corrected chi connectivity index (χ0v) is 14.2. The summed E-state index contributed by atoms with van der Waals surface area (Å²) in [6.07, 6.45) is 4.03. The monoisotopic (exact) mass is 356 g/mol. The van der Waals surface area contributed by atoms with Gasteiger partial charge in [-0.3, -0.25) is 14.4 Å². The number of aryl methyl sites for hydroxylation is 1. The van der Waals surface area contributed by atoms with Gasteiger partial charge in [0.05, 0.1) is 23.9 Å². The molecule has 3 rings (SSSR count). The number of hydrogen-bond donors (Lipinski definition) is 2. The normalized spacial score (nSPS) is 13.1. The first-order valence-corrected chi connectivity index (χ1v) is 8.49. The van der Waals surface area contributed by atoms with Crippen molar-refractivity contribution in [3.8, 4) is 0 Å². The summed E-state index contributed by atoms with van der Waals surface area (Å²) in [6.45, 7) is -0.407. The molecule has 0 bridgehead atoms. The number of carbonyl (C=O) groups excluding carboxylic acids is 3. The highest BCUT2D eigenvalue weighted by atomic mass is 16.5. The summed E-state index contributed by atoms with van der Waals surface area (Å²) in [5.74, 6) is -0.528. The van der Waals surface area contributed by atoms with Crippen molar-refractivity contribution in [1.29, 1.82) is 0 Å². The summed E-state index contributed by atoms with van der Waals surface area (Å²) >= 11 is 0. The van der Waals surface area contributed by atoms with E-state index in [2.05, 4.69) is 10.6 Å². The second-order valence-electron chi connectivity index (χ2n) is 6.08. The molecule has 1 heterocycles. The number of carbonyl (C=O) groups is 3. The maximum Gasteiger partial charge on any atom is 0.306 e. The number of amides is 2. The Hall–Kier alpha value is -3.09. The Morgan fingerprint density at radius 1 is 1.12 bits per heavy atom. The lowest BCUT2D eigenvalue weighted by Crippen LogP contribution is -2.28. The van der Waals surface area contributed by atoms with Gasteiger partial charge in [0.1, 0.15) is 5.76 Å². The second-order valence-corrected chi connectivity index (χ2v) is 6.08. The molecule has 0 aliphatic heterocycles. The highest BCUT2D eigenvalue weighted by Gasteiger charge is 2.25. The van der Waals surface area contributed by atoms with Crippen molar-refractivity contribution in [2.45, 2.75) is 31.7 Å². The fourth-order valence-corrected chi connectivity index (χ4v) is 2.37. The Bertz CT molecular complexity index is 781. The fourth-order valence-electron chi connectivity index (χ4n) is 2.37. The summed E-state index contributed by atoms with van der Waals surface area (Å²) in [4.78, 5) is 35.9. The Kier molecular flexibility index (Phi) is 5.68. The van der Waals surface area contributed by atoms with E-state index in [0.29, 0.717) is 23.4 Å². The number of para-hydroxylation sites is 1. The standard InChI is InChI=1S/C19H20N2O5/c22-17(12-26-18(23)10-9-14-4-3-11-25-14)21-16-6-2-1-5-15(16)19(24)20-13-7-8-13/h1-6,11,13H,7-10,12H2,(H,20,24)(H,21,22). The maximum atomic E-state index is 12.2. The first-order chi connectivity index (χ1) is 12.6. The number of anilines is 1. The largest absolute Gasteiger partial charge is 0.469 e. The highest BCUT2D eigenvalue weighted by molar-refractivity contribution is 6.04. The molecule has 1 aromatic heterocycles. The SMILES string of the molecule is O=C(COC(=O)CCc1ccco1)Nc1ccccc1C(=O)NC1CC1. The van der Waals surface area contributed by atoms with Gasteiger partial charge in [-0.2, -0.15) is 0 Å². The molecule has 7 nitrogen and oxygen atoms in total. The number of rotatable bonds is 8. The Balaban J connectivity index is 1.47. The van der Waals surface area contributed by atoms with E-state index >= 15 is 0 Å². The number of benzene rings is 1. The molecule has 1 aromatic carbocycles. The van der Waals surface area contributed by atoms with Crippen LogP contribution >= 0.6 is 0 Å². The number of furan rings is 1. The van der Waals surface area contributed by atoms with Crippen molar-refractivity contribution in [3.05, 3.63) is 54.0 Å². The molecule has 1 aliphatic rings. The molecule has 0 unspecified atom stereocenters. The molecular weight excluding hydrogens is 336 g/mol. The van der Waals surface area contributed by atoms with Crippen molar-refractivity contribution in [1.82, 2.24) is 5.32 Å². The van der Waals surface area contributed by atoms with Crippen LogP contribution in [0.1, 0.15) is 35.4 Å². The minimum absolute atomic E-state index is 0.126. The smallest absolute Gasteiger partial charge is 0.306 e. The third-order valence-corrected chi connectivity index (χ3v) is 3.88. The summed E-state index contributed by atoms with van der Waals surface area (Å²) in [5, 5.41) is 5.49. The van der Waals surface area contributed by atoms with Crippen LogP contribution in [0.3, 0.4) is 0 Å². The second kappa shape index (κ2) is 8.33. The number of nitrogens with one attached hydrogen (secondary N) is 2. The predicted octanol–water partition coefficient (Wildman–Crippen LogP) is 2.29. The van der Waals surface area contributed by atoms with Crippen LogP contribution in [0.25, 0.3) is 0 Å². The van der Waals surface area contributed by atoms with E-state index in [-0.39, 0.29) is 18.4 Å². The lowest BCUT2D eigenvalue weighted by atomic mass is 10.1. The average Bonchev–Trinajstić information content (AvgIpc) is 3.29. The van der Waals surface area contributed by atoms with Crippen molar-refractivity contribution in [2.24, 2.45) is 0 Å². The lowest BCUT2D eigenvalue weighted by Gasteiger charge is -2.11. The third-order valence-electron chi connectivity index (χ3n) is 3.88. The van der Waals surface area contributed by atoms with Crippen LogP contribution in [0.2, 0.25) is 0 Å². The number of ether oxygens (including phenoxy) is 1. The maximum absolute atomic E-state index is 12.2. The number of hydrogen-bond acceptors (Lipinski definition) is 5. The molecule has 0 atom stereocenters.